The van der Waals surface area contributed by atoms with Gasteiger partial charge in [-0.2, -0.15) is 16.4 Å². The maximum Gasteiger partial charge on any atom is 0.270 e. The first-order valence-corrected chi connectivity index (χ1v) is 11.1. The number of thiophene rings is 1. The Kier molecular flexibility index (Phi) is 5.78. The molecule has 2 aromatic heterocycles. The topological polar surface area (TPSA) is 72.8 Å². The number of hydrogen-bond acceptors (Lipinski definition) is 6. The van der Waals surface area contributed by atoms with Gasteiger partial charge in [-0.05, 0) is 29.7 Å². The van der Waals surface area contributed by atoms with E-state index in [1.54, 1.807) is 23.5 Å². The number of nitro groups is 1. The number of nitrogens with zero attached hydrogens (tertiary/aromatic N) is 4. The molecule has 0 bridgehead atoms. The molecule has 1 saturated carbocycles. The standard InChI is InChI=1S/C20H20N4O2S2/c25-24(26)18-8-4-5-16(11-18)19-14-28-20(22-17-6-2-1-3-7-17)23(19)21-12-15-9-10-27-13-15/h4-5,8-14,17H,1-3,6-7H2. The molecule has 0 radical (unpaired) electrons. The van der Waals surface area contributed by atoms with Crippen LogP contribution in [0.1, 0.15) is 37.7 Å². The molecule has 1 aromatic carbocycles. The molecule has 144 valence electrons. The summed E-state index contributed by atoms with van der Waals surface area (Å²) < 4.78 is 1.82. The van der Waals surface area contributed by atoms with E-state index in [4.69, 9.17) is 4.99 Å². The first-order chi connectivity index (χ1) is 13.7. The van der Waals surface area contributed by atoms with Gasteiger partial charge in [-0.15, -0.1) is 11.3 Å². The van der Waals surface area contributed by atoms with Crippen molar-refractivity contribution in [3.63, 3.8) is 0 Å². The van der Waals surface area contributed by atoms with E-state index in [-0.39, 0.29) is 10.6 Å². The SMILES string of the molecule is O=[N+]([O-])c1cccc(-c2csc(=NC3CCCCC3)n2N=Cc2ccsc2)c1. The zero-order valence-electron chi connectivity index (χ0n) is 15.2. The molecular weight excluding hydrogens is 392 g/mol. The van der Waals surface area contributed by atoms with Crippen LogP contribution in [0.2, 0.25) is 0 Å². The number of nitro benzene ring substituents is 1. The summed E-state index contributed by atoms with van der Waals surface area (Å²) in [6, 6.07) is 9.00. The van der Waals surface area contributed by atoms with Gasteiger partial charge >= 0.3 is 0 Å². The average Bonchev–Trinajstić information content (AvgIpc) is 3.37. The predicted octanol–water partition coefficient (Wildman–Crippen LogP) is 5.30. The van der Waals surface area contributed by atoms with E-state index < -0.39 is 0 Å². The lowest BCUT2D eigenvalue weighted by Gasteiger charge is -2.16. The molecule has 0 unspecified atom stereocenters. The van der Waals surface area contributed by atoms with Gasteiger partial charge in [0.15, 0.2) is 0 Å². The Morgan fingerprint density at radius 3 is 2.79 bits per heavy atom. The highest BCUT2D eigenvalue weighted by Gasteiger charge is 2.15. The summed E-state index contributed by atoms with van der Waals surface area (Å²) in [6.07, 6.45) is 7.75. The van der Waals surface area contributed by atoms with Crippen molar-refractivity contribution in [2.75, 3.05) is 0 Å². The third-order valence-electron chi connectivity index (χ3n) is 4.77. The minimum absolute atomic E-state index is 0.0721. The fourth-order valence-corrected chi connectivity index (χ4v) is 4.84. The van der Waals surface area contributed by atoms with Gasteiger partial charge < -0.3 is 0 Å². The number of rotatable bonds is 5. The number of benzene rings is 1. The van der Waals surface area contributed by atoms with Crippen LogP contribution >= 0.6 is 22.7 Å². The van der Waals surface area contributed by atoms with Gasteiger partial charge in [0.1, 0.15) is 0 Å². The Balaban J connectivity index is 1.78. The van der Waals surface area contributed by atoms with Crippen molar-refractivity contribution in [1.82, 2.24) is 4.68 Å². The van der Waals surface area contributed by atoms with Crippen molar-refractivity contribution in [2.45, 2.75) is 38.1 Å². The van der Waals surface area contributed by atoms with Crippen LogP contribution in [-0.2, 0) is 0 Å². The molecule has 0 atom stereocenters. The fraction of sp³-hybridized carbons (Fsp3) is 0.300. The monoisotopic (exact) mass is 412 g/mol. The maximum absolute atomic E-state index is 11.2. The fourth-order valence-electron chi connectivity index (χ4n) is 3.32. The summed E-state index contributed by atoms with van der Waals surface area (Å²) in [5.74, 6) is 0. The van der Waals surface area contributed by atoms with Crippen molar-refractivity contribution in [3.8, 4) is 11.3 Å². The number of aromatic nitrogens is 1. The normalized spacial score (nSPS) is 16.1. The molecule has 1 fully saturated rings. The van der Waals surface area contributed by atoms with Crippen molar-refractivity contribution in [1.29, 1.82) is 0 Å². The summed E-state index contributed by atoms with van der Waals surface area (Å²) in [5, 5.41) is 21.9. The van der Waals surface area contributed by atoms with E-state index >= 15 is 0 Å². The van der Waals surface area contributed by atoms with Gasteiger partial charge in [0.05, 0.1) is 22.9 Å². The molecular formula is C20H20N4O2S2. The minimum atomic E-state index is -0.373. The predicted molar refractivity (Wildman–Crippen MR) is 114 cm³/mol. The molecule has 0 saturated heterocycles. The van der Waals surface area contributed by atoms with E-state index in [0.29, 0.717) is 6.04 Å². The highest BCUT2D eigenvalue weighted by atomic mass is 32.1. The van der Waals surface area contributed by atoms with Crippen molar-refractivity contribution >= 4 is 34.6 Å². The Labute approximate surface area is 170 Å². The minimum Gasteiger partial charge on any atom is -0.258 e. The molecule has 0 aliphatic heterocycles. The maximum atomic E-state index is 11.2. The van der Waals surface area contributed by atoms with Gasteiger partial charge in [-0.3, -0.25) is 15.1 Å². The van der Waals surface area contributed by atoms with Crippen molar-refractivity contribution < 1.29 is 4.92 Å². The zero-order valence-corrected chi connectivity index (χ0v) is 16.9. The summed E-state index contributed by atoms with van der Waals surface area (Å²) in [4.78, 5) is 16.6. The lowest BCUT2D eigenvalue weighted by molar-refractivity contribution is -0.384. The third kappa shape index (κ3) is 4.28. The average molecular weight is 413 g/mol. The molecule has 3 aromatic rings. The van der Waals surface area contributed by atoms with Gasteiger partial charge in [-0.25, -0.2) is 4.68 Å². The molecule has 4 rings (SSSR count). The van der Waals surface area contributed by atoms with Crippen LogP contribution in [0.3, 0.4) is 0 Å². The van der Waals surface area contributed by atoms with E-state index in [0.717, 1.165) is 34.5 Å². The number of thiazole rings is 1. The molecule has 6 nitrogen and oxygen atoms in total. The van der Waals surface area contributed by atoms with Crippen LogP contribution in [0, 0.1) is 10.1 Å². The lowest BCUT2D eigenvalue weighted by Crippen LogP contribution is -2.19. The van der Waals surface area contributed by atoms with Crippen LogP contribution < -0.4 is 4.80 Å². The van der Waals surface area contributed by atoms with Crippen molar-refractivity contribution in [2.24, 2.45) is 10.1 Å². The quantitative estimate of drug-likeness (QED) is 0.324. The van der Waals surface area contributed by atoms with Crippen LogP contribution in [-0.4, -0.2) is 21.9 Å². The van der Waals surface area contributed by atoms with Crippen LogP contribution in [0.5, 0.6) is 0 Å². The van der Waals surface area contributed by atoms with Gasteiger partial charge in [0, 0.05) is 28.6 Å². The Morgan fingerprint density at radius 1 is 1.18 bits per heavy atom. The molecule has 8 heteroatoms. The second-order valence-electron chi connectivity index (χ2n) is 6.74. The van der Waals surface area contributed by atoms with E-state index in [1.807, 2.05) is 39.2 Å². The first kappa shape index (κ1) is 18.8. The Morgan fingerprint density at radius 2 is 2.04 bits per heavy atom. The summed E-state index contributed by atoms with van der Waals surface area (Å²) in [6.45, 7) is 0. The van der Waals surface area contributed by atoms with Crippen LogP contribution in [0.4, 0.5) is 5.69 Å². The van der Waals surface area contributed by atoms with Crippen LogP contribution in [0.25, 0.3) is 11.3 Å². The van der Waals surface area contributed by atoms with Crippen molar-refractivity contribution in [3.05, 3.63) is 67.0 Å². The second kappa shape index (κ2) is 8.62. The highest BCUT2D eigenvalue weighted by Crippen LogP contribution is 2.25. The van der Waals surface area contributed by atoms with E-state index in [1.165, 1.54) is 36.7 Å². The van der Waals surface area contributed by atoms with Gasteiger partial charge in [0.2, 0.25) is 4.80 Å². The second-order valence-corrected chi connectivity index (χ2v) is 8.36. The first-order valence-electron chi connectivity index (χ1n) is 9.26. The number of non-ortho nitro benzene ring substituents is 1. The van der Waals surface area contributed by atoms with Gasteiger partial charge in [0.25, 0.3) is 5.69 Å². The molecule has 0 spiro atoms. The summed E-state index contributed by atoms with van der Waals surface area (Å²) in [7, 11) is 0. The third-order valence-corrected chi connectivity index (χ3v) is 6.30. The van der Waals surface area contributed by atoms with Gasteiger partial charge in [-0.1, -0.05) is 31.4 Å². The molecule has 1 aliphatic carbocycles. The van der Waals surface area contributed by atoms with E-state index in [9.17, 15) is 10.1 Å². The summed E-state index contributed by atoms with van der Waals surface area (Å²) >= 11 is 3.15. The molecule has 0 amide bonds. The van der Waals surface area contributed by atoms with E-state index in [2.05, 4.69) is 5.10 Å². The molecule has 28 heavy (non-hydrogen) atoms. The highest BCUT2D eigenvalue weighted by molar-refractivity contribution is 7.08. The Hall–Kier alpha value is -2.58. The summed E-state index contributed by atoms with van der Waals surface area (Å²) in [5.41, 5.74) is 2.67. The smallest absolute Gasteiger partial charge is 0.258 e. The number of hydrogen-bond donors (Lipinski definition) is 0. The Bertz CT molecular complexity index is 1040. The van der Waals surface area contributed by atoms with Crippen LogP contribution in [0.15, 0.2) is 56.6 Å². The molecule has 2 heterocycles. The largest absolute Gasteiger partial charge is 0.270 e. The molecule has 1 aliphatic rings. The molecule has 0 N–H and O–H groups in total. The zero-order chi connectivity index (χ0) is 19.3. The lowest BCUT2D eigenvalue weighted by atomic mass is 9.96.